The molecule has 0 fully saturated rings. The Kier molecular flexibility index (Phi) is 4.83. The number of hydrogen-bond donors (Lipinski definition) is 0. The second kappa shape index (κ2) is 7.02. The molecule has 0 bridgehead atoms. The van der Waals surface area contributed by atoms with Crippen molar-refractivity contribution in [1.29, 1.82) is 0 Å². The monoisotopic (exact) mass is 333 g/mol. The number of hydrogen-bond acceptors (Lipinski definition) is 5. The van der Waals surface area contributed by atoms with E-state index in [2.05, 4.69) is 0 Å². The number of carbonyl (C=O) groups excluding carboxylic acids is 1. The molecule has 0 radical (unpaired) electrons. The number of carbonyl (C=O) groups is 1. The van der Waals surface area contributed by atoms with Gasteiger partial charge in [-0.25, -0.2) is 0 Å². The van der Waals surface area contributed by atoms with Gasteiger partial charge in [0.25, 0.3) is 5.91 Å². The summed E-state index contributed by atoms with van der Waals surface area (Å²) in [6.45, 7) is 3.76. The maximum atomic E-state index is 12.8. The zero-order valence-electron chi connectivity index (χ0n) is 13.2. The first-order valence-electron chi connectivity index (χ1n) is 7.40. The summed E-state index contributed by atoms with van der Waals surface area (Å²) in [5.74, 6) is 1.51. The molecule has 0 unspecified atom stereocenters. The van der Waals surface area contributed by atoms with Gasteiger partial charge in [-0.3, -0.25) is 4.79 Å². The van der Waals surface area contributed by atoms with Gasteiger partial charge in [-0.05, 0) is 41.6 Å². The van der Waals surface area contributed by atoms with Crippen molar-refractivity contribution in [3.05, 3.63) is 45.6 Å². The van der Waals surface area contributed by atoms with Crippen LogP contribution in [0.15, 0.2) is 29.6 Å². The fourth-order valence-corrected chi connectivity index (χ4v) is 3.34. The van der Waals surface area contributed by atoms with E-state index in [9.17, 15) is 4.79 Å². The van der Waals surface area contributed by atoms with Gasteiger partial charge in [-0.15, -0.1) is 11.3 Å². The minimum atomic E-state index is 0.0345. The number of benzene rings is 1. The number of rotatable bonds is 6. The van der Waals surface area contributed by atoms with E-state index in [4.69, 9.17) is 14.2 Å². The molecule has 2 heterocycles. The molecule has 1 aliphatic heterocycles. The molecule has 1 aliphatic rings. The summed E-state index contributed by atoms with van der Waals surface area (Å²) < 4.78 is 15.9. The van der Waals surface area contributed by atoms with Crippen molar-refractivity contribution < 1.29 is 19.0 Å². The number of aryl methyl sites for hydroxylation is 1. The van der Waals surface area contributed by atoms with Crippen LogP contribution in [0.4, 0.5) is 0 Å². The molecule has 0 N–H and O–H groups in total. The Labute approximate surface area is 139 Å². The molecule has 2 aromatic rings. The van der Waals surface area contributed by atoms with Crippen LogP contribution in [0, 0.1) is 6.92 Å². The van der Waals surface area contributed by atoms with E-state index in [0.717, 1.165) is 27.5 Å². The number of nitrogens with zero attached hydrogens (tertiary/aromatic N) is 1. The van der Waals surface area contributed by atoms with Gasteiger partial charge in [0.1, 0.15) is 0 Å². The Balaban J connectivity index is 1.79. The summed E-state index contributed by atoms with van der Waals surface area (Å²) in [7, 11) is 1.64. The van der Waals surface area contributed by atoms with Gasteiger partial charge in [-0.2, -0.15) is 0 Å². The number of methoxy groups -OCH3 is 1. The Morgan fingerprint density at radius 2 is 2.13 bits per heavy atom. The predicted octanol–water partition coefficient (Wildman–Crippen LogP) is 3.07. The zero-order valence-corrected chi connectivity index (χ0v) is 14.0. The van der Waals surface area contributed by atoms with Gasteiger partial charge < -0.3 is 19.1 Å². The molecule has 1 amide bonds. The van der Waals surface area contributed by atoms with Crippen molar-refractivity contribution in [3.63, 3.8) is 0 Å². The molecule has 0 atom stereocenters. The highest BCUT2D eigenvalue weighted by molar-refractivity contribution is 7.12. The lowest BCUT2D eigenvalue weighted by atomic mass is 10.1. The summed E-state index contributed by atoms with van der Waals surface area (Å²) in [4.78, 5) is 15.4. The van der Waals surface area contributed by atoms with E-state index in [1.54, 1.807) is 12.0 Å². The van der Waals surface area contributed by atoms with E-state index in [1.807, 2.05) is 36.6 Å². The maximum Gasteiger partial charge on any atom is 0.264 e. The molecule has 0 saturated heterocycles. The number of thiophene rings is 1. The predicted molar refractivity (Wildman–Crippen MR) is 88.2 cm³/mol. The molecule has 0 spiro atoms. The van der Waals surface area contributed by atoms with Crippen molar-refractivity contribution in [2.45, 2.75) is 13.5 Å². The van der Waals surface area contributed by atoms with Crippen LogP contribution in [0.5, 0.6) is 11.5 Å². The summed E-state index contributed by atoms with van der Waals surface area (Å²) in [5.41, 5.74) is 2.01. The molecular formula is C17H19NO4S. The highest BCUT2D eigenvalue weighted by Gasteiger charge is 2.20. The molecule has 0 aliphatic carbocycles. The van der Waals surface area contributed by atoms with Gasteiger partial charge in [0.05, 0.1) is 11.5 Å². The fourth-order valence-electron chi connectivity index (χ4n) is 2.45. The average molecular weight is 333 g/mol. The Bertz CT molecular complexity index is 698. The van der Waals surface area contributed by atoms with E-state index >= 15 is 0 Å². The lowest BCUT2D eigenvalue weighted by Crippen LogP contribution is -2.33. The minimum Gasteiger partial charge on any atom is -0.454 e. The zero-order chi connectivity index (χ0) is 16.2. The van der Waals surface area contributed by atoms with Crippen LogP contribution in [0.2, 0.25) is 0 Å². The molecule has 23 heavy (non-hydrogen) atoms. The van der Waals surface area contributed by atoms with Crippen molar-refractivity contribution in [1.82, 2.24) is 4.90 Å². The van der Waals surface area contributed by atoms with Gasteiger partial charge in [-0.1, -0.05) is 6.07 Å². The largest absolute Gasteiger partial charge is 0.454 e. The molecular weight excluding hydrogens is 314 g/mol. The molecule has 1 aromatic heterocycles. The van der Waals surface area contributed by atoms with Crippen LogP contribution in [0.1, 0.15) is 20.8 Å². The van der Waals surface area contributed by atoms with Crippen molar-refractivity contribution in [2.24, 2.45) is 0 Å². The minimum absolute atomic E-state index is 0.0345. The summed E-state index contributed by atoms with van der Waals surface area (Å²) >= 11 is 1.47. The maximum absolute atomic E-state index is 12.8. The first kappa shape index (κ1) is 15.8. The number of ether oxygens (including phenoxy) is 3. The van der Waals surface area contributed by atoms with E-state index in [-0.39, 0.29) is 12.7 Å². The summed E-state index contributed by atoms with van der Waals surface area (Å²) in [6, 6.07) is 7.73. The highest BCUT2D eigenvalue weighted by Crippen LogP contribution is 2.33. The van der Waals surface area contributed by atoms with Crippen molar-refractivity contribution >= 4 is 17.2 Å². The summed E-state index contributed by atoms with van der Waals surface area (Å²) in [5, 5.41) is 1.94. The number of amides is 1. The SMILES string of the molecule is COCCN(Cc1ccc2c(c1)OCO2)C(=O)c1sccc1C. The van der Waals surface area contributed by atoms with Gasteiger partial charge in [0.15, 0.2) is 11.5 Å². The second-order valence-electron chi connectivity index (χ2n) is 5.34. The van der Waals surface area contributed by atoms with Crippen molar-refractivity contribution in [3.8, 4) is 11.5 Å². The summed E-state index contributed by atoms with van der Waals surface area (Å²) in [6.07, 6.45) is 0. The quantitative estimate of drug-likeness (QED) is 0.815. The molecule has 0 saturated carbocycles. The van der Waals surface area contributed by atoms with E-state index in [0.29, 0.717) is 19.7 Å². The molecule has 6 heteroatoms. The lowest BCUT2D eigenvalue weighted by molar-refractivity contribution is 0.0684. The molecule has 122 valence electrons. The van der Waals surface area contributed by atoms with Gasteiger partial charge in [0, 0.05) is 20.2 Å². The third-order valence-electron chi connectivity index (χ3n) is 3.72. The standard InChI is InChI=1S/C17H19NO4S/c1-12-5-8-23-16(12)17(19)18(6-7-20-2)10-13-3-4-14-15(9-13)22-11-21-14/h3-5,8-9H,6-7,10-11H2,1-2H3. The van der Waals surface area contributed by atoms with Crippen LogP contribution >= 0.6 is 11.3 Å². The van der Waals surface area contributed by atoms with Crippen LogP contribution in [0.3, 0.4) is 0 Å². The number of fused-ring (bicyclic) bond motifs is 1. The van der Waals surface area contributed by atoms with Crippen LogP contribution in [-0.2, 0) is 11.3 Å². The van der Waals surface area contributed by atoms with Gasteiger partial charge >= 0.3 is 0 Å². The van der Waals surface area contributed by atoms with E-state index in [1.165, 1.54) is 11.3 Å². The Morgan fingerprint density at radius 1 is 1.30 bits per heavy atom. The van der Waals surface area contributed by atoms with Crippen LogP contribution in [0.25, 0.3) is 0 Å². The van der Waals surface area contributed by atoms with Crippen LogP contribution in [-0.4, -0.2) is 37.9 Å². The molecule has 1 aromatic carbocycles. The smallest absolute Gasteiger partial charge is 0.264 e. The molecule has 3 rings (SSSR count). The first-order valence-corrected chi connectivity index (χ1v) is 8.28. The second-order valence-corrected chi connectivity index (χ2v) is 6.26. The highest BCUT2D eigenvalue weighted by atomic mass is 32.1. The Morgan fingerprint density at radius 3 is 2.87 bits per heavy atom. The Hall–Kier alpha value is -2.05. The third kappa shape index (κ3) is 3.48. The third-order valence-corrected chi connectivity index (χ3v) is 4.72. The van der Waals surface area contributed by atoms with E-state index < -0.39 is 0 Å². The average Bonchev–Trinajstić information content (AvgIpc) is 3.18. The normalized spacial score (nSPS) is 12.4. The molecule has 5 nitrogen and oxygen atoms in total. The topological polar surface area (TPSA) is 48.0 Å². The first-order chi connectivity index (χ1) is 11.2. The lowest BCUT2D eigenvalue weighted by Gasteiger charge is -2.22. The van der Waals surface area contributed by atoms with Crippen LogP contribution < -0.4 is 9.47 Å². The van der Waals surface area contributed by atoms with Crippen molar-refractivity contribution in [2.75, 3.05) is 27.1 Å². The van der Waals surface area contributed by atoms with Gasteiger partial charge in [0.2, 0.25) is 6.79 Å². The fraction of sp³-hybridized carbons (Fsp3) is 0.353.